The van der Waals surface area contributed by atoms with E-state index in [2.05, 4.69) is 22.2 Å². The van der Waals surface area contributed by atoms with Gasteiger partial charge in [0.2, 0.25) is 17.7 Å². The second-order valence-electron chi connectivity index (χ2n) is 8.98. The minimum atomic E-state index is -0.733. The number of allylic oxidation sites excluding steroid dienone is 1. The van der Waals surface area contributed by atoms with Gasteiger partial charge in [-0.1, -0.05) is 6.08 Å². The maximum Gasteiger partial charge on any atom is 0.249 e. The fourth-order valence-corrected chi connectivity index (χ4v) is 4.44. The minimum Gasteiger partial charge on any atom is -0.472 e. The number of benzene rings is 1. The molecule has 0 aromatic heterocycles. The number of amides is 3. The second-order valence-corrected chi connectivity index (χ2v) is 8.98. The number of ether oxygens (including phenoxy) is 1. The van der Waals surface area contributed by atoms with Crippen molar-refractivity contribution in [2.75, 3.05) is 62.2 Å². The topological polar surface area (TPSA) is 107 Å². The number of nitrogens with zero attached hydrogens (tertiary/aromatic N) is 4. The van der Waals surface area contributed by atoms with Crippen molar-refractivity contribution in [2.24, 2.45) is 4.99 Å². The Kier molecular flexibility index (Phi) is 8.04. The van der Waals surface area contributed by atoms with Gasteiger partial charge in [-0.3, -0.25) is 19.4 Å². The van der Waals surface area contributed by atoms with Crippen molar-refractivity contribution in [1.29, 1.82) is 0 Å². The lowest BCUT2D eigenvalue weighted by Crippen LogP contribution is -2.51. The van der Waals surface area contributed by atoms with Crippen molar-refractivity contribution in [3.63, 3.8) is 0 Å². The third-order valence-corrected chi connectivity index (χ3v) is 6.38. The normalized spacial score (nSPS) is 19.4. The number of carbonyl (C=O) groups excluding carboxylic acids is 3. The van der Waals surface area contributed by atoms with Crippen LogP contribution in [0.15, 0.2) is 41.2 Å². The first-order valence-corrected chi connectivity index (χ1v) is 12.1. The van der Waals surface area contributed by atoms with Crippen LogP contribution in [-0.4, -0.2) is 87.3 Å². The minimum absolute atomic E-state index is 0.151. The predicted molar refractivity (Wildman–Crippen MR) is 134 cm³/mol. The zero-order chi connectivity index (χ0) is 26.5. The molecule has 198 valence electrons. The molecule has 0 bridgehead atoms. The number of hydrogen-bond acceptors (Lipinski definition) is 7. The first kappa shape index (κ1) is 26.1. The smallest absolute Gasteiger partial charge is 0.249 e. The first-order chi connectivity index (χ1) is 17.7. The molecule has 0 spiro atoms. The van der Waals surface area contributed by atoms with Crippen molar-refractivity contribution in [3.05, 3.63) is 47.9 Å². The maximum absolute atomic E-state index is 15.1. The summed E-state index contributed by atoms with van der Waals surface area (Å²) in [6, 6.07) is 2.45. The highest BCUT2D eigenvalue weighted by molar-refractivity contribution is 5.97. The molecule has 3 aliphatic heterocycles. The van der Waals surface area contributed by atoms with Crippen LogP contribution < -0.4 is 20.4 Å². The lowest BCUT2D eigenvalue weighted by atomic mass is 10.1. The molecule has 2 N–H and O–H groups in total. The van der Waals surface area contributed by atoms with E-state index in [0.29, 0.717) is 25.1 Å². The summed E-state index contributed by atoms with van der Waals surface area (Å²) in [5.41, 5.74) is 0.633. The van der Waals surface area contributed by atoms with Crippen LogP contribution in [0.2, 0.25) is 0 Å². The number of dihydropyridines is 1. The van der Waals surface area contributed by atoms with Gasteiger partial charge < -0.3 is 30.1 Å². The van der Waals surface area contributed by atoms with Crippen LogP contribution in [0.5, 0.6) is 0 Å². The Morgan fingerprint density at radius 3 is 2.46 bits per heavy atom. The van der Waals surface area contributed by atoms with E-state index < -0.39 is 11.6 Å². The highest BCUT2D eigenvalue weighted by atomic mass is 19.1. The third-order valence-electron chi connectivity index (χ3n) is 6.38. The fraction of sp³-hybridized carbons (Fsp3) is 0.440. The van der Waals surface area contributed by atoms with Gasteiger partial charge in [0.05, 0.1) is 26.2 Å². The number of hydrogen-bond donors (Lipinski definition) is 2. The van der Waals surface area contributed by atoms with Crippen molar-refractivity contribution in [2.45, 2.75) is 19.4 Å². The number of anilines is 2. The first-order valence-electron chi connectivity index (χ1n) is 12.1. The average molecular weight is 517 g/mol. The molecule has 1 aromatic carbocycles. The van der Waals surface area contributed by atoms with E-state index in [0.717, 1.165) is 0 Å². The van der Waals surface area contributed by atoms with Gasteiger partial charge in [-0.2, -0.15) is 0 Å². The van der Waals surface area contributed by atoms with Gasteiger partial charge in [0.25, 0.3) is 0 Å². The highest BCUT2D eigenvalue weighted by Crippen LogP contribution is 2.33. The monoisotopic (exact) mass is 516 g/mol. The highest BCUT2D eigenvalue weighted by Gasteiger charge is 2.31. The molecule has 2 saturated heterocycles. The van der Waals surface area contributed by atoms with Crippen molar-refractivity contribution < 1.29 is 27.9 Å². The van der Waals surface area contributed by atoms with Crippen LogP contribution in [0.3, 0.4) is 0 Å². The molecular weight excluding hydrogens is 486 g/mol. The van der Waals surface area contributed by atoms with Gasteiger partial charge in [-0.05, 0) is 18.7 Å². The number of halogens is 2. The zero-order valence-electron chi connectivity index (χ0n) is 20.6. The molecule has 3 heterocycles. The van der Waals surface area contributed by atoms with Gasteiger partial charge in [0, 0.05) is 57.0 Å². The summed E-state index contributed by atoms with van der Waals surface area (Å²) < 4.78 is 35.8. The summed E-state index contributed by atoms with van der Waals surface area (Å²) in [6.07, 6.45) is 3.71. The van der Waals surface area contributed by atoms with E-state index in [4.69, 9.17) is 4.74 Å². The lowest BCUT2D eigenvalue weighted by Gasteiger charge is -2.36. The summed E-state index contributed by atoms with van der Waals surface area (Å²) in [5.74, 6) is -2.00. The van der Waals surface area contributed by atoms with Gasteiger partial charge in [0.15, 0.2) is 17.5 Å². The lowest BCUT2D eigenvalue weighted by molar-refractivity contribution is -0.132. The van der Waals surface area contributed by atoms with Crippen LogP contribution >= 0.6 is 0 Å². The Morgan fingerprint density at radius 2 is 1.84 bits per heavy atom. The molecule has 0 saturated carbocycles. The molecular formula is C25H30F2N6O4. The van der Waals surface area contributed by atoms with Gasteiger partial charge in [0.1, 0.15) is 11.8 Å². The van der Waals surface area contributed by atoms with Gasteiger partial charge in [-0.25, -0.2) is 8.78 Å². The molecule has 0 aliphatic carbocycles. The Bertz CT molecular complexity index is 1120. The number of carbonyl (C=O) groups is 3. The third kappa shape index (κ3) is 6.25. The quantitative estimate of drug-likeness (QED) is 0.559. The molecule has 2 fully saturated rings. The average Bonchev–Trinajstić information content (AvgIpc) is 3.26. The molecule has 3 amide bonds. The fourth-order valence-electron chi connectivity index (χ4n) is 4.44. The van der Waals surface area contributed by atoms with E-state index in [1.165, 1.54) is 19.1 Å². The number of rotatable bonds is 7. The van der Waals surface area contributed by atoms with E-state index >= 15 is 8.78 Å². The number of aliphatic imine (C=N–C) groups is 1. The summed E-state index contributed by atoms with van der Waals surface area (Å²) >= 11 is 0. The number of piperazine rings is 1. The summed E-state index contributed by atoms with van der Waals surface area (Å²) in [6.45, 7) is 6.91. The molecule has 12 heteroatoms. The molecule has 3 aliphatic rings. The maximum atomic E-state index is 15.1. The zero-order valence-corrected chi connectivity index (χ0v) is 20.6. The van der Waals surface area contributed by atoms with E-state index in [-0.39, 0.29) is 80.4 Å². The molecule has 37 heavy (non-hydrogen) atoms. The Labute approximate surface area is 213 Å². The van der Waals surface area contributed by atoms with Gasteiger partial charge in [-0.15, -0.1) is 0 Å². The Hall–Kier alpha value is -3.96. The van der Waals surface area contributed by atoms with Crippen molar-refractivity contribution in [1.82, 2.24) is 15.5 Å². The molecule has 1 aromatic rings. The Morgan fingerprint density at radius 1 is 1.14 bits per heavy atom. The SMILES string of the molecule is C=C1OC(CNC(C)=O)CN1c1cc(F)c(N2CCN(C(=O)CNC(=O)C3=CCC=NC3)CC2)c(F)c1. The molecule has 4 rings (SSSR count). The molecule has 1 unspecified atom stereocenters. The van der Waals surface area contributed by atoms with Crippen LogP contribution in [0.4, 0.5) is 20.2 Å². The molecule has 1 atom stereocenters. The van der Waals surface area contributed by atoms with Crippen LogP contribution in [0.1, 0.15) is 13.3 Å². The van der Waals surface area contributed by atoms with E-state index in [9.17, 15) is 14.4 Å². The van der Waals surface area contributed by atoms with Crippen molar-refractivity contribution >= 4 is 35.3 Å². The van der Waals surface area contributed by atoms with Crippen LogP contribution in [0, 0.1) is 11.6 Å². The summed E-state index contributed by atoms with van der Waals surface area (Å²) in [5, 5.41) is 5.27. The van der Waals surface area contributed by atoms with Crippen LogP contribution in [-0.2, 0) is 19.1 Å². The standard InChI is InChI=1S/C25H30F2N6O4/c1-16(34)29-13-20-15-33(17(2)37-20)19-10-21(26)24(22(27)11-19)32-8-6-31(7-9-32)23(35)14-30-25(36)18-4-3-5-28-12-18/h4-5,10-11,20H,2-3,6-9,12-15H2,1H3,(H,29,34)(H,30,36). The van der Waals surface area contributed by atoms with Crippen molar-refractivity contribution in [3.8, 4) is 0 Å². The Balaban J connectivity index is 1.32. The number of nitrogens with one attached hydrogen (secondary N) is 2. The predicted octanol–water partition coefficient (Wildman–Crippen LogP) is 0.943. The van der Waals surface area contributed by atoms with Gasteiger partial charge >= 0.3 is 0 Å². The molecule has 10 nitrogen and oxygen atoms in total. The second kappa shape index (κ2) is 11.4. The van der Waals surface area contributed by atoms with E-state index in [1.54, 1.807) is 27.0 Å². The summed E-state index contributed by atoms with van der Waals surface area (Å²) in [7, 11) is 0. The van der Waals surface area contributed by atoms with Crippen LogP contribution in [0.25, 0.3) is 0 Å². The summed E-state index contributed by atoms with van der Waals surface area (Å²) in [4.78, 5) is 44.6. The van der Waals surface area contributed by atoms with E-state index in [1.807, 2.05) is 0 Å². The molecule has 0 radical (unpaired) electrons. The largest absolute Gasteiger partial charge is 0.472 e.